The third-order valence-electron chi connectivity index (χ3n) is 15.8. The van der Waals surface area contributed by atoms with Crippen LogP contribution in [0.5, 0.6) is 0 Å². The largest absolute Gasteiger partial charge is 0.394 e. The number of hydrogen-bond acceptors (Lipinski definition) is 6. The average molecular weight is 589 g/mol. The molecule has 0 spiro atoms. The molecule has 0 aromatic carbocycles. The summed E-state index contributed by atoms with van der Waals surface area (Å²) in [6, 6.07) is 0. The van der Waals surface area contributed by atoms with Crippen LogP contribution in [-0.4, -0.2) is 68.8 Å². The fraction of sp³-hybridized carbons (Fsp3) is 0.944. The van der Waals surface area contributed by atoms with Crippen molar-refractivity contribution in [2.75, 3.05) is 6.61 Å². The predicted octanol–water partition coefficient (Wildman–Crippen LogP) is 5.24. The molecule has 5 aliphatic carbocycles. The summed E-state index contributed by atoms with van der Waals surface area (Å²) < 4.78 is 6.15. The van der Waals surface area contributed by atoms with Crippen LogP contribution in [0.2, 0.25) is 0 Å². The molecule has 6 unspecified atom stereocenters. The summed E-state index contributed by atoms with van der Waals surface area (Å²) in [5, 5.41) is 53.0. The van der Waals surface area contributed by atoms with Gasteiger partial charge < -0.3 is 30.3 Å². The minimum Gasteiger partial charge on any atom is -0.394 e. The minimum absolute atomic E-state index is 0.0112. The van der Waals surface area contributed by atoms with Gasteiger partial charge in [-0.1, -0.05) is 46.8 Å². The molecule has 15 atom stereocenters. The van der Waals surface area contributed by atoms with E-state index in [0.29, 0.717) is 36.0 Å². The van der Waals surface area contributed by atoms with Gasteiger partial charge >= 0.3 is 0 Å². The van der Waals surface area contributed by atoms with E-state index in [1.165, 1.54) is 31.3 Å². The Morgan fingerprint density at radius 1 is 0.738 bits per heavy atom. The molecule has 6 heteroatoms. The van der Waals surface area contributed by atoms with E-state index < -0.39 is 30.5 Å². The molecule has 6 aliphatic rings. The lowest BCUT2D eigenvalue weighted by atomic mass is 9.32. The van der Waals surface area contributed by atoms with E-state index in [2.05, 4.69) is 48.1 Å². The Morgan fingerprint density at radius 2 is 1.43 bits per heavy atom. The van der Waals surface area contributed by atoms with Crippen molar-refractivity contribution < 1.29 is 30.3 Å². The number of ether oxygens (including phenoxy) is 1. The second kappa shape index (κ2) is 10.3. The van der Waals surface area contributed by atoms with Gasteiger partial charge in [-0.15, -0.1) is 0 Å². The molecule has 1 aliphatic heterocycles. The van der Waals surface area contributed by atoms with Crippen LogP contribution >= 0.6 is 0 Å². The van der Waals surface area contributed by atoms with E-state index in [-0.39, 0.29) is 39.8 Å². The quantitative estimate of drug-likeness (QED) is 0.288. The zero-order valence-electron chi connectivity index (χ0n) is 27.2. The van der Waals surface area contributed by atoms with Crippen LogP contribution < -0.4 is 0 Å². The summed E-state index contributed by atoms with van der Waals surface area (Å²) in [7, 11) is 0. The number of allylic oxidation sites excluding steroid dienone is 1. The molecule has 5 saturated carbocycles. The molecule has 0 radical (unpaired) electrons. The number of aliphatic hydroxyl groups excluding tert-OH is 5. The lowest BCUT2D eigenvalue weighted by Crippen LogP contribution is -2.67. The first kappa shape index (κ1) is 31.5. The Morgan fingerprint density at radius 3 is 2.10 bits per heavy atom. The number of hydrogen-bond donors (Lipinski definition) is 5. The molecule has 1 saturated heterocycles. The summed E-state index contributed by atoms with van der Waals surface area (Å²) in [6.07, 6.45) is 6.54. The van der Waals surface area contributed by atoms with Crippen molar-refractivity contribution >= 4 is 0 Å². The molecule has 240 valence electrons. The molecule has 6 rings (SSSR count). The molecular weight excluding hydrogens is 528 g/mol. The Kier molecular flexibility index (Phi) is 7.69. The fourth-order valence-electron chi connectivity index (χ4n) is 13.4. The van der Waals surface area contributed by atoms with Gasteiger partial charge in [0, 0.05) is 0 Å². The Labute approximate surface area is 254 Å². The summed E-state index contributed by atoms with van der Waals surface area (Å²) >= 11 is 0. The first-order valence-corrected chi connectivity index (χ1v) is 17.2. The molecule has 1 heterocycles. The van der Waals surface area contributed by atoms with E-state index in [1.54, 1.807) is 0 Å². The van der Waals surface area contributed by atoms with Gasteiger partial charge in [0.05, 0.1) is 18.8 Å². The fourth-order valence-corrected chi connectivity index (χ4v) is 13.4. The molecular formula is C36H60O6. The highest BCUT2D eigenvalue weighted by Gasteiger charge is 2.71. The third-order valence-corrected chi connectivity index (χ3v) is 15.8. The second-order valence-electron chi connectivity index (χ2n) is 17.5. The van der Waals surface area contributed by atoms with Crippen molar-refractivity contribution in [2.45, 2.75) is 149 Å². The average Bonchev–Trinajstić information content (AvgIpc) is 3.31. The maximum Gasteiger partial charge on any atom is 0.111 e. The van der Waals surface area contributed by atoms with Crippen LogP contribution in [0.25, 0.3) is 0 Å². The van der Waals surface area contributed by atoms with Crippen LogP contribution in [0.3, 0.4) is 0 Å². The highest BCUT2D eigenvalue weighted by molar-refractivity contribution is 5.22. The number of fused-ring (bicyclic) bond motifs is 7. The van der Waals surface area contributed by atoms with E-state index in [4.69, 9.17) is 4.74 Å². The summed E-state index contributed by atoms with van der Waals surface area (Å²) in [5.41, 5.74) is 1.89. The van der Waals surface area contributed by atoms with E-state index in [1.807, 2.05) is 0 Å². The predicted molar refractivity (Wildman–Crippen MR) is 163 cm³/mol. The molecule has 42 heavy (non-hydrogen) atoms. The van der Waals surface area contributed by atoms with Crippen molar-refractivity contribution in [3.8, 4) is 0 Å². The molecule has 0 aromatic heterocycles. The third kappa shape index (κ3) is 4.10. The van der Waals surface area contributed by atoms with Gasteiger partial charge in [-0.05, 0) is 134 Å². The van der Waals surface area contributed by atoms with Gasteiger partial charge in [0.1, 0.15) is 24.4 Å². The van der Waals surface area contributed by atoms with Crippen molar-refractivity contribution in [1.82, 2.24) is 0 Å². The smallest absolute Gasteiger partial charge is 0.111 e. The van der Waals surface area contributed by atoms with Gasteiger partial charge in [0.2, 0.25) is 0 Å². The zero-order chi connectivity index (χ0) is 30.6. The summed E-state index contributed by atoms with van der Waals surface area (Å²) in [6.45, 7) is 18.8. The molecule has 0 bridgehead atoms. The Hall–Kier alpha value is -0.500. The standard InChI is InChI=1S/C36H60O6/c1-20(2)21-10-15-36(18-23-29(39)31(41)30(40)24(19-37)42-23)17-16-34(6)22(28(21)36)8-9-26-33(5)13-12-27(38)32(3,4)25(33)11-14-35(26,34)7/h21-31,37-41H,1,8-19H2,2-7H3/t21-,22?,23-,24?,25?,26?,27-,28?,29?,30+,31+,33-,34+,35+,36+/m0/s1. The van der Waals surface area contributed by atoms with Gasteiger partial charge in [0.15, 0.2) is 0 Å². The van der Waals surface area contributed by atoms with Gasteiger partial charge in [-0.2, -0.15) is 0 Å². The second-order valence-corrected chi connectivity index (χ2v) is 17.5. The van der Waals surface area contributed by atoms with Crippen molar-refractivity contribution in [3.63, 3.8) is 0 Å². The van der Waals surface area contributed by atoms with Crippen molar-refractivity contribution in [2.24, 2.45) is 56.7 Å². The van der Waals surface area contributed by atoms with Crippen LogP contribution in [0.15, 0.2) is 12.2 Å². The monoisotopic (exact) mass is 588 g/mol. The molecule has 6 fully saturated rings. The normalized spacial score (nSPS) is 57.0. The first-order valence-electron chi connectivity index (χ1n) is 17.2. The zero-order valence-corrected chi connectivity index (χ0v) is 27.2. The van der Waals surface area contributed by atoms with Crippen LogP contribution in [0, 0.1) is 56.7 Å². The molecule has 0 amide bonds. The van der Waals surface area contributed by atoms with Crippen LogP contribution in [-0.2, 0) is 4.74 Å². The van der Waals surface area contributed by atoms with E-state index in [9.17, 15) is 25.5 Å². The van der Waals surface area contributed by atoms with Crippen molar-refractivity contribution in [1.29, 1.82) is 0 Å². The van der Waals surface area contributed by atoms with Gasteiger partial charge in [-0.25, -0.2) is 0 Å². The lowest BCUT2D eigenvalue weighted by Gasteiger charge is -2.73. The topological polar surface area (TPSA) is 110 Å². The maximum atomic E-state index is 11.1. The SMILES string of the molecule is C=C(C)[C@@H]1CC[C@]2(C[C@@H]3OC(CO)[C@@H](O)[C@H](O)C3O)CC[C@]3(C)C(CCC4[C@@]5(C)CC[C@H](O)C(C)(C)C5CC[C@]43C)C12. The highest BCUT2D eigenvalue weighted by atomic mass is 16.5. The lowest BCUT2D eigenvalue weighted by molar-refractivity contribution is -0.259. The summed E-state index contributed by atoms with van der Waals surface area (Å²) in [4.78, 5) is 0. The Bertz CT molecular complexity index is 1060. The van der Waals surface area contributed by atoms with E-state index >= 15 is 0 Å². The van der Waals surface area contributed by atoms with Gasteiger partial charge in [0.25, 0.3) is 0 Å². The Balaban J connectivity index is 1.34. The van der Waals surface area contributed by atoms with Crippen LogP contribution in [0.4, 0.5) is 0 Å². The first-order chi connectivity index (χ1) is 19.6. The molecule has 5 N–H and O–H groups in total. The number of aliphatic hydroxyl groups is 5. The number of rotatable bonds is 4. The highest BCUT2D eigenvalue weighted by Crippen LogP contribution is 2.78. The summed E-state index contributed by atoms with van der Waals surface area (Å²) in [5.74, 6) is 2.66. The minimum atomic E-state index is -1.31. The molecule has 6 nitrogen and oxygen atoms in total. The van der Waals surface area contributed by atoms with Crippen molar-refractivity contribution in [3.05, 3.63) is 12.2 Å². The maximum absolute atomic E-state index is 11.1. The van der Waals surface area contributed by atoms with E-state index in [0.717, 1.165) is 38.5 Å². The van der Waals surface area contributed by atoms with Gasteiger partial charge in [-0.3, -0.25) is 0 Å². The molecule has 0 aromatic rings. The van der Waals surface area contributed by atoms with Crippen LogP contribution in [0.1, 0.15) is 112 Å².